The molecule has 4 aromatic rings. The summed E-state index contributed by atoms with van der Waals surface area (Å²) in [5.74, 6) is 1.01. The minimum absolute atomic E-state index is 0.00503. The lowest BCUT2D eigenvalue weighted by molar-refractivity contribution is -0.120. The van der Waals surface area contributed by atoms with Gasteiger partial charge in [0.1, 0.15) is 11.3 Å². The van der Waals surface area contributed by atoms with Gasteiger partial charge in [0, 0.05) is 113 Å². The number of hydrogen-bond acceptors (Lipinski definition) is 9. The second kappa shape index (κ2) is 15.1. The van der Waals surface area contributed by atoms with Crippen molar-refractivity contribution in [2.45, 2.75) is 51.0 Å². The van der Waals surface area contributed by atoms with E-state index in [0.717, 1.165) is 81.1 Å². The Morgan fingerprint density at radius 1 is 0.830 bits per heavy atom. The number of amides is 4. The van der Waals surface area contributed by atoms with Crippen LogP contribution in [0.1, 0.15) is 61.5 Å². The van der Waals surface area contributed by atoms with Gasteiger partial charge in [0.25, 0.3) is 5.91 Å². The summed E-state index contributed by atoms with van der Waals surface area (Å²) in [4.78, 5) is 57.1. The average Bonchev–Trinajstić information content (AvgIpc) is 3.84. The average molecular weight is 719 g/mol. The highest BCUT2D eigenvalue weighted by Gasteiger charge is 2.28. The minimum Gasteiger partial charge on any atom is -0.372 e. The van der Waals surface area contributed by atoms with Gasteiger partial charge in [-0.15, -0.1) is 0 Å². The van der Waals surface area contributed by atoms with E-state index >= 15 is 0 Å². The van der Waals surface area contributed by atoms with Gasteiger partial charge in [-0.05, 0) is 86.2 Å². The summed E-state index contributed by atoms with van der Waals surface area (Å²) in [7, 11) is 3.59. The van der Waals surface area contributed by atoms with Crippen LogP contribution in [-0.2, 0) is 4.79 Å². The van der Waals surface area contributed by atoms with Crippen molar-refractivity contribution >= 4 is 57.6 Å². The van der Waals surface area contributed by atoms with Crippen LogP contribution < -0.4 is 25.3 Å². The second-order valence-electron chi connectivity index (χ2n) is 15.2. The molecule has 2 aromatic carbocycles. The van der Waals surface area contributed by atoms with E-state index in [0.29, 0.717) is 30.5 Å². The van der Waals surface area contributed by atoms with Crippen molar-refractivity contribution in [2.24, 2.45) is 5.92 Å². The molecule has 53 heavy (non-hydrogen) atoms. The van der Waals surface area contributed by atoms with Crippen molar-refractivity contribution in [3.8, 4) is 0 Å². The lowest BCUT2D eigenvalue weighted by Gasteiger charge is -2.40. The Morgan fingerprint density at radius 2 is 1.47 bits per heavy atom. The Morgan fingerprint density at radius 3 is 2.13 bits per heavy atom. The molecule has 13 heteroatoms. The van der Waals surface area contributed by atoms with Gasteiger partial charge in [-0.3, -0.25) is 24.7 Å². The van der Waals surface area contributed by atoms with Gasteiger partial charge in [0.05, 0.1) is 0 Å². The smallest absolute Gasteiger partial charge is 0.328 e. The number of fused-ring (bicyclic) bond motifs is 1. The number of aromatic nitrogens is 3. The lowest BCUT2D eigenvalue weighted by Crippen LogP contribution is -2.49. The molecule has 13 nitrogen and oxygen atoms in total. The highest BCUT2D eigenvalue weighted by Crippen LogP contribution is 2.35. The zero-order valence-electron chi connectivity index (χ0n) is 30.8. The summed E-state index contributed by atoms with van der Waals surface area (Å²) in [6.07, 6.45) is 8.96. The number of hydrogen-bond donors (Lipinski definition) is 2. The van der Waals surface area contributed by atoms with Crippen molar-refractivity contribution in [3.05, 3.63) is 66.5 Å². The van der Waals surface area contributed by atoms with Gasteiger partial charge in [0.2, 0.25) is 11.9 Å². The summed E-state index contributed by atoms with van der Waals surface area (Å²) >= 11 is 0. The Balaban J connectivity index is 0.815. The predicted molar refractivity (Wildman–Crippen MR) is 208 cm³/mol. The van der Waals surface area contributed by atoms with Crippen LogP contribution in [-0.4, -0.2) is 109 Å². The van der Waals surface area contributed by atoms with E-state index in [4.69, 9.17) is 4.98 Å². The summed E-state index contributed by atoms with van der Waals surface area (Å²) in [5, 5.41) is 6.69. The molecule has 1 aliphatic carbocycles. The molecule has 4 fully saturated rings. The number of rotatable bonds is 9. The van der Waals surface area contributed by atoms with Crippen molar-refractivity contribution in [1.82, 2.24) is 29.7 Å². The molecular formula is C40H50N10O3. The minimum atomic E-state index is -0.345. The number of piperazine rings is 1. The maximum atomic E-state index is 13.1. The second-order valence-corrected chi connectivity index (χ2v) is 15.2. The van der Waals surface area contributed by atoms with Crippen molar-refractivity contribution in [3.63, 3.8) is 0 Å². The quantitative estimate of drug-likeness (QED) is 0.232. The number of imide groups is 1. The van der Waals surface area contributed by atoms with E-state index in [1.807, 2.05) is 24.4 Å². The molecule has 3 aliphatic heterocycles. The van der Waals surface area contributed by atoms with E-state index in [1.54, 1.807) is 23.9 Å². The van der Waals surface area contributed by atoms with Gasteiger partial charge in [0.15, 0.2) is 0 Å². The monoisotopic (exact) mass is 718 g/mol. The molecule has 4 aliphatic rings. The number of piperidine rings is 1. The fourth-order valence-electron chi connectivity index (χ4n) is 8.46. The molecule has 3 saturated heterocycles. The molecule has 0 radical (unpaired) electrons. The number of benzene rings is 2. The Labute approximate surface area is 310 Å². The number of urea groups is 1. The molecule has 5 heterocycles. The molecular weight excluding hydrogens is 669 g/mol. The zero-order chi connectivity index (χ0) is 36.5. The van der Waals surface area contributed by atoms with Crippen LogP contribution >= 0.6 is 0 Å². The third-order valence-corrected chi connectivity index (χ3v) is 11.5. The van der Waals surface area contributed by atoms with E-state index in [9.17, 15) is 14.4 Å². The maximum absolute atomic E-state index is 13.1. The predicted octanol–water partition coefficient (Wildman–Crippen LogP) is 5.48. The largest absolute Gasteiger partial charge is 0.372 e. The van der Waals surface area contributed by atoms with Crippen molar-refractivity contribution in [2.75, 3.05) is 86.5 Å². The molecule has 4 amide bonds. The number of nitrogens with one attached hydrogen (secondary N) is 2. The summed E-state index contributed by atoms with van der Waals surface area (Å²) < 4.78 is 2.15. The molecule has 0 unspecified atom stereocenters. The normalized spacial score (nSPS) is 19.2. The number of carbonyl (C=O) groups is 3. The van der Waals surface area contributed by atoms with E-state index in [1.165, 1.54) is 37.1 Å². The fraction of sp³-hybridized carbons (Fsp3) is 0.475. The molecule has 278 valence electrons. The molecule has 0 atom stereocenters. The summed E-state index contributed by atoms with van der Waals surface area (Å²) in [5.41, 5.74) is 5.67. The van der Waals surface area contributed by atoms with Gasteiger partial charge in [-0.25, -0.2) is 9.78 Å². The maximum Gasteiger partial charge on any atom is 0.328 e. The van der Waals surface area contributed by atoms with Crippen LogP contribution in [0.2, 0.25) is 0 Å². The van der Waals surface area contributed by atoms with Crippen LogP contribution in [0.5, 0.6) is 0 Å². The fourth-order valence-corrected chi connectivity index (χ4v) is 8.46. The van der Waals surface area contributed by atoms with Crippen molar-refractivity contribution < 1.29 is 14.4 Å². The van der Waals surface area contributed by atoms with E-state index < -0.39 is 0 Å². The summed E-state index contributed by atoms with van der Waals surface area (Å²) in [6.45, 7) is 7.76. The Bertz CT molecular complexity index is 1940. The molecule has 2 aromatic heterocycles. The molecule has 0 spiro atoms. The topological polar surface area (TPSA) is 122 Å². The number of anilines is 5. The Hall–Kier alpha value is -5.17. The molecule has 8 rings (SSSR count). The molecule has 0 bridgehead atoms. The first kappa shape index (κ1) is 34.9. The van der Waals surface area contributed by atoms with Crippen LogP contribution in [0.15, 0.2) is 60.8 Å². The van der Waals surface area contributed by atoms with Crippen LogP contribution in [0.25, 0.3) is 11.0 Å². The highest BCUT2D eigenvalue weighted by atomic mass is 16.2. The first-order valence-electron chi connectivity index (χ1n) is 19.2. The van der Waals surface area contributed by atoms with Crippen molar-refractivity contribution in [1.29, 1.82) is 0 Å². The van der Waals surface area contributed by atoms with Crippen LogP contribution in [0.4, 0.5) is 33.5 Å². The lowest BCUT2D eigenvalue weighted by atomic mass is 9.95. The van der Waals surface area contributed by atoms with Gasteiger partial charge < -0.3 is 24.6 Å². The third-order valence-electron chi connectivity index (χ3n) is 11.5. The third kappa shape index (κ3) is 7.53. The first-order chi connectivity index (χ1) is 25.8. The van der Waals surface area contributed by atoms with Gasteiger partial charge in [-0.2, -0.15) is 4.98 Å². The number of carbonyl (C=O) groups excluding carboxylic acids is 3. The zero-order valence-corrected chi connectivity index (χ0v) is 30.8. The van der Waals surface area contributed by atoms with Gasteiger partial charge in [-0.1, -0.05) is 12.8 Å². The molecule has 1 saturated carbocycles. The molecule has 2 N–H and O–H groups in total. The van der Waals surface area contributed by atoms with Crippen LogP contribution in [0, 0.1) is 5.92 Å². The van der Waals surface area contributed by atoms with Gasteiger partial charge >= 0.3 is 6.03 Å². The SMILES string of the molecule is CN(C)C(=O)c1cc2cnc(Nc3ccc(N4CCN(CC5CCN(c6ccc(N7CCC(=O)NC7=O)cc6)CC5)CC4)cc3)nc2n1C1CCCC1. The standard InChI is InChI=1S/C40H50N10O3/c1-45(2)38(52)35-25-29-26-41-39(44-37(29)50(35)34-5-3-4-6-34)42-30-7-9-31(10-8-30)48-23-21-46(22-24-48)27-28-15-18-47(19-16-28)32-11-13-33(14-12-32)49-20-17-36(51)43-40(49)53/h7-14,25-26,28,34H,3-6,15-24,27H2,1-2H3,(H,41,42,44)(H,43,51,53). The first-order valence-corrected chi connectivity index (χ1v) is 19.2. The number of nitrogens with zero attached hydrogens (tertiary/aromatic N) is 8. The van der Waals surface area contributed by atoms with Crippen LogP contribution in [0.3, 0.4) is 0 Å². The highest BCUT2D eigenvalue weighted by molar-refractivity contribution is 6.05. The summed E-state index contributed by atoms with van der Waals surface area (Å²) in [6, 6.07) is 18.6. The van der Waals surface area contributed by atoms with E-state index in [2.05, 4.69) is 71.3 Å². The Kier molecular flexibility index (Phi) is 9.91. The van der Waals surface area contributed by atoms with E-state index in [-0.39, 0.29) is 23.9 Å².